The lowest BCUT2D eigenvalue weighted by Crippen LogP contribution is -2.21. The first-order valence-electron chi connectivity index (χ1n) is 8.19. The highest BCUT2D eigenvalue weighted by molar-refractivity contribution is 5.93. The predicted octanol–water partition coefficient (Wildman–Crippen LogP) is 3.16. The summed E-state index contributed by atoms with van der Waals surface area (Å²) in [5.74, 6) is 1.38. The topological polar surface area (TPSA) is 68.8 Å². The number of anilines is 2. The molecule has 2 rings (SSSR count). The fourth-order valence-corrected chi connectivity index (χ4v) is 2.13. The van der Waals surface area contributed by atoms with E-state index in [-0.39, 0.29) is 12.5 Å². The maximum Gasteiger partial charge on any atom is 0.243 e. The van der Waals surface area contributed by atoms with Crippen molar-refractivity contribution in [2.45, 2.75) is 6.92 Å². The summed E-state index contributed by atoms with van der Waals surface area (Å²) >= 11 is 0. The number of rotatable bonds is 10. The first-order valence-corrected chi connectivity index (χ1v) is 8.19. The number of hydrogen-bond acceptors (Lipinski definition) is 5. The number of amides is 1. The van der Waals surface area contributed by atoms with Gasteiger partial charge >= 0.3 is 0 Å². The summed E-state index contributed by atoms with van der Waals surface area (Å²) in [5.41, 5.74) is 1.55. The second-order valence-corrected chi connectivity index (χ2v) is 5.23. The lowest BCUT2D eigenvalue weighted by molar-refractivity contribution is -0.114. The monoisotopic (exact) mass is 344 g/mol. The number of methoxy groups -OCH3 is 1. The molecule has 0 aromatic heterocycles. The van der Waals surface area contributed by atoms with Crippen LogP contribution in [0.25, 0.3) is 0 Å². The second kappa shape index (κ2) is 10.2. The van der Waals surface area contributed by atoms with Crippen molar-refractivity contribution in [2.75, 3.05) is 44.1 Å². The Balaban J connectivity index is 1.80. The van der Waals surface area contributed by atoms with Gasteiger partial charge in [-0.2, -0.15) is 0 Å². The number of carbonyl (C=O) groups is 1. The van der Waals surface area contributed by atoms with Gasteiger partial charge in [-0.1, -0.05) is 6.07 Å². The molecule has 6 heteroatoms. The molecule has 0 aliphatic rings. The molecule has 0 bridgehead atoms. The Morgan fingerprint density at radius 2 is 1.76 bits per heavy atom. The molecule has 0 aliphatic heterocycles. The summed E-state index contributed by atoms with van der Waals surface area (Å²) in [5, 5.41) is 5.91. The van der Waals surface area contributed by atoms with Crippen molar-refractivity contribution in [2.24, 2.45) is 0 Å². The zero-order valence-corrected chi connectivity index (χ0v) is 14.6. The highest BCUT2D eigenvalue weighted by Gasteiger charge is 2.04. The molecule has 0 heterocycles. The van der Waals surface area contributed by atoms with Gasteiger partial charge in [0.05, 0.1) is 19.8 Å². The van der Waals surface area contributed by atoms with E-state index in [4.69, 9.17) is 14.2 Å². The number of hydrogen-bond donors (Lipinski definition) is 2. The molecule has 0 unspecified atom stereocenters. The maximum atomic E-state index is 12.0. The Kier molecular flexibility index (Phi) is 7.59. The molecule has 2 aromatic rings. The van der Waals surface area contributed by atoms with Gasteiger partial charge < -0.3 is 24.8 Å². The van der Waals surface area contributed by atoms with Crippen LogP contribution in [0.1, 0.15) is 6.92 Å². The van der Waals surface area contributed by atoms with E-state index in [1.54, 1.807) is 7.11 Å². The molecule has 0 aliphatic carbocycles. The third kappa shape index (κ3) is 6.73. The van der Waals surface area contributed by atoms with Crippen LogP contribution in [0, 0.1) is 0 Å². The minimum absolute atomic E-state index is 0.130. The molecule has 0 saturated carbocycles. The van der Waals surface area contributed by atoms with Gasteiger partial charge in [0, 0.05) is 24.6 Å². The van der Waals surface area contributed by atoms with Gasteiger partial charge in [-0.05, 0) is 43.3 Å². The molecule has 0 atom stereocenters. The van der Waals surface area contributed by atoms with Crippen LogP contribution in [-0.4, -0.2) is 39.4 Å². The normalized spacial score (nSPS) is 10.2. The Labute approximate surface area is 148 Å². The van der Waals surface area contributed by atoms with E-state index in [1.807, 2.05) is 55.5 Å². The van der Waals surface area contributed by atoms with Crippen molar-refractivity contribution < 1.29 is 19.0 Å². The minimum atomic E-state index is -0.130. The molecular weight excluding hydrogens is 320 g/mol. The zero-order chi connectivity index (χ0) is 17.9. The van der Waals surface area contributed by atoms with E-state index in [0.717, 1.165) is 22.9 Å². The lowest BCUT2D eigenvalue weighted by Gasteiger charge is -2.10. The standard InChI is InChI=1S/C19H24N2O4/c1-3-24-17-9-7-15(8-10-17)21-19(22)14-20-16-5-4-6-18(13-16)25-12-11-23-2/h4-10,13,20H,3,11-12,14H2,1-2H3,(H,21,22). The van der Waals surface area contributed by atoms with Crippen molar-refractivity contribution in [1.29, 1.82) is 0 Å². The van der Waals surface area contributed by atoms with Crippen molar-refractivity contribution in [3.8, 4) is 11.5 Å². The summed E-state index contributed by atoms with van der Waals surface area (Å²) in [6.07, 6.45) is 0. The zero-order valence-electron chi connectivity index (χ0n) is 14.6. The number of carbonyl (C=O) groups excluding carboxylic acids is 1. The molecule has 0 fully saturated rings. The van der Waals surface area contributed by atoms with Gasteiger partial charge in [0.15, 0.2) is 0 Å². The summed E-state index contributed by atoms with van der Waals surface area (Å²) in [4.78, 5) is 12.0. The van der Waals surface area contributed by atoms with Gasteiger partial charge in [-0.15, -0.1) is 0 Å². The predicted molar refractivity (Wildman–Crippen MR) is 98.5 cm³/mol. The first-order chi connectivity index (χ1) is 12.2. The summed E-state index contributed by atoms with van der Waals surface area (Å²) in [6.45, 7) is 3.72. The first kappa shape index (κ1) is 18.6. The molecule has 25 heavy (non-hydrogen) atoms. The highest BCUT2D eigenvalue weighted by Crippen LogP contribution is 2.18. The SMILES string of the molecule is CCOc1ccc(NC(=O)CNc2cccc(OCCOC)c2)cc1. The van der Waals surface area contributed by atoms with Gasteiger partial charge in [-0.3, -0.25) is 4.79 Å². The Morgan fingerprint density at radius 3 is 2.48 bits per heavy atom. The van der Waals surface area contributed by atoms with Crippen LogP contribution in [0.4, 0.5) is 11.4 Å². The van der Waals surface area contributed by atoms with Gasteiger partial charge in [0.25, 0.3) is 0 Å². The molecule has 1 amide bonds. The summed E-state index contributed by atoms with van der Waals surface area (Å²) in [7, 11) is 1.63. The van der Waals surface area contributed by atoms with Crippen LogP contribution in [0.5, 0.6) is 11.5 Å². The van der Waals surface area contributed by atoms with Crippen molar-refractivity contribution >= 4 is 17.3 Å². The lowest BCUT2D eigenvalue weighted by atomic mass is 10.3. The number of ether oxygens (including phenoxy) is 3. The van der Waals surface area contributed by atoms with Crippen molar-refractivity contribution in [3.63, 3.8) is 0 Å². The molecule has 0 saturated heterocycles. The Bertz CT molecular complexity index is 659. The van der Waals surface area contributed by atoms with Crippen molar-refractivity contribution in [3.05, 3.63) is 48.5 Å². The fourth-order valence-electron chi connectivity index (χ4n) is 2.13. The van der Waals surface area contributed by atoms with Crippen LogP contribution in [0.2, 0.25) is 0 Å². The van der Waals surface area contributed by atoms with Crippen LogP contribution in [0.3, 0.4) is 0 Å². The molecule has 2 N–H and O–H groups in total. The second-order valence-electron chi connectivity index (χ2n) is 5.23. The largest absolute Gasteiger partial charge is 0.494 e. The van der Waals surface area contributed by atoms with E-state index < -0.39 is 0 Å². The number of benzene rings is 2. The molecule has 6 nitrogen and oxygen atoms in total. The van der Waals surface area contributed by atoms with E-state index >= 15 is 0 Å². The fraction of sp³-hybridized carbons (Fsp3) is 0.316. The highest BCUT2D eigenvalue weighted by atomic mass is 16.5. The van der Waals surface area contributed by atoms with Crippen LogP contribution in [-0.2, 0) is 9.53 Å². The summed E-state index contributed by atoms with van der Waals surface area (Å²) < 4.78 is 15.9. The van der Waals surface area contributed by atoms with E-state index in [2.05, 4.69) is 10.6 Å². The quantitative estimate of drug-likeness (QED) is 0.648. The van der Waals surface area contributed by atoms with E-state index in [9.17, 15) is 4.79 Å². The Hall–Kier alpha value is -2.73. The third-order valence-corrected chi connectivity index (χ3v) is 3.29. The average Bonchev–Trinajstić information content (AvgIpc) is 2.63. The van der Waals surface area contributed by atoms with Gasteiger partial charge in [0.1, 0.15) is 18.1 Å². The third-order valence-electron chi connectivity index (χ3n) is 3.29. The van der Waals surface area contributed by atoms with Crippen LogP contribution < -0.4 is 20.1 Å². The summed E-state index contributed by atoms with van der Waals surface area (Å²) in [6, 6.07) is 14.7. The molecule has 134 valence electrons. The van der Waals surface area contributed by atoms with Gasteiger partial charge in [-0.25, -0.2) is 0 Å². The van der Waals surface area contributed by atoms with Crippen LogP contribution >= 0.6 is 0 Å². The molecular formula is C19H24N2O4. The van der Waals surface area contributed by atoms with E-state index in [1.165, 1.54) is 0 Å². The Morgan fingerprint density at radius 1 is 0.960 bits per heavy atom. The smallest absolute Gasteiger partial charge is 0.243 e. The number of nitrogens with one attached hydrogen (secondary N) is 2. The molecule has 0 spiro atoms. The van der Waals surface area contributed by atoms with Crippen molar-refractivity contribution in [1.82, 2.24) is 0 Å². The maximum absolute atomic E-state index is 12.0. The van der Waals surface area contributed by atoms with E-state index in [0.29, 0.717) is 19.8 Å². The van der Waals surface area contributed by atoms with Gasteiger partial charge in [0.2, 0.25) is 5.91 Å². The minimum Gasteiger partial charge on any atom is -0.494 e. The van der Waals surface area contributed by atoms with Crippen LogP contribution in [0.15, 0.2) is 48.5 Å². The molecule has 0 radical (unpaired) electrons. The molecule has 2 aromatic carbocycles. The average molecular weight is 344 g/mol.